The maximum atomic E-state index is 12.0. The molecule has 0 spiro atoms. The minimum atomic E-state index is -0.874. The molecule has 7 nitrogen and oxygen atoms in total. The van der Waals surface area contributed by atoms with Gasteiger partial charge >= 0.3 is 12.0 Å². The topological polar surface area (TPSA) is 99.1 Å². The zero-order valence-corrected chi connectivity index (χ0v) is 11.3. The number of aliphatic hydroxyl groups excluding tert-OH is 1. The summed E-state index contributed by atoms with van der Waals surface area (Å²) < 4.78 is 5.45. The van der Waals surface area contributed by atoms with Crippen molar-refractivity contribution in [2.75, 3.05) is 19.7 Å². The molecule has 0 aromatic carbocycles. The molecule has 110 valence electrons. The first-order valence-electron chi connectivity index (χ1n) is 6.46. The molecule has 0 aromatic heterocycles. The van der Waals surface area contributed by atoms with Gasteiger partial charge in [0.25, 0.3) is 0 Å². The summed E-state index contributed by atoms with van der Waals surface area (Å²) in [4.78, 5) is 24.0. The van der Waals surface area contributed by atoms with Gasteiger partial charge in [-0.2, -0.15) is 0 Å². The Balaban J connectivity index is 2.41. The van der Waals surface area contributed by atoms with Gasteiger partial charge in [0.05, 0.1) is 25.4 Å². The highest BCUT2D eigenvalue weighted by Gasteiger charge is 2.28. The van der Waals surface area contributed by atoms with Gasteiger partial charge in [-0.25, -0.2) is 4.79 Å². The number of urea groups is 1. The van der Waals surface area contributed by atoms with Crippen molar-refractivity contribution in [2.24, 2.45) is 0 Å². The molecule has 1 fully saturated rings. The fourth-order valence-electron chi connectivity index (χ4n) is 2.03. The predicted octanol–water partition coefficient (Wildman–Crippen LogP) is 0.0309. The third-order valence-electron chi connectivity index (χ3n) is 2.98. The number of nitrogens with zero attached hydrogens (tertiary/aromatic N) is 1. The molecule has 1 aliphatic rings. The fourth-order valence-corrected chi connectivity index (χ4v) is 2.03. The number of morpholine rings is 1. The van der Waals surface area contributed by atoms with E-state index in [1.807, 2.05) is 6.92 Å². The summed E-state index contributed by atoms with van der Waals surface area (Å²) in [6.45, 7) is 4.30. The van der Waals surface area contributed by atoms with E-state index in [1.165, 1.54) is 0 Å². The van der Waals surface area contributed by atoms with E-state index in [4.69, 9.17) is 14.9 Å². The summed E-state index contributed by atoms with van der Waals surface area (Å²) in [6, 6.07) is -0.444. The number of rotatable bonds is 5. The van der Waals surface area contributed by atoms with Gasteiger partial charge in [0.2, 0.25) is 0 Å². The van der Waals surface area contributed by atoms with E-state index in [1.54, 1.807) is 11.8 Å². The number of aliphatic hydroxyl groups is 1. The molecule has 3 atom stereocenters. The second kappa shape index (κ2) is 7.30. The van der Waals surface area contributed by atoms with Gasteiger partial charge in [-0.3, -0.25) is 4.79 Å². The zero-order valence-electron chi connectivity index (χ0n) is 11.3. The summed E-state index contributed by atoms with van der Waals surface area (Å²) in [6.07, 6.45) is -0.0558. The van der Waals surface area contributed by atoms with Crippen LogP contribution in [-0.4, -0.2) is 65.1 Å². The molecule has 1 saturated heterocycles. The number of ether oxygens (including phenoxy) is 1. The molecule has 19 heavy (non-hydrogen) atoms. The third-order valence-corrected chi connectivity index (χ3v) is 2.98. The van der Waals surface area contributed by atoms with Crippen molar-refractivity contribution >= 4 is 12.0 Å². The highest BCUT2D eigenvalue weighted by Crippen LogP contribution is 2.11. The second-order valence-electron chi connectivity index (χ2n) is 4.94. The van der Waals surface area contributed by atoms with Crippen molar-refractivity contribution in [3.05, 3.63) is 0 Å². The van der Waals surface area contributed by atoms with Gasteiger partial charge < -0.3 is 25.2 Å². The lowest BCUT2D eigenvalue weighted by molar-refractivity contribution is -0.137. The monoisotopic (exact) mass is 274 g/mol. The summed E-state index contributed by atoms with van der Waals surface area (Å²) in [5, 5.41) is 20.4. The molecule has 0 radical (unpaired) electrons. The van der Waals surface area contributed by atoms with Gasteiger partial charge in [0.15, 0.2) is 0 Å². The molecule has 0 aromatic rings. The highest BCUT2D eigenvalue weighted by atomic mass is 16.5. The Hall–Kier alpha value is -1.34. The molecule has 0 saturated carbocycles. The molecule has 2 amide bonds. The Kier molecular flexibility index (Phi) is 6.04. The molecular formula is C12H22N2O5. The molecule has 1 aliphatic heterocycles. The van der Waals surface area contributed by atoms with Gasteiger partial charge in [-0.1, -0.05) is 0 Å². The van der Waals surface area contributed by atoms with Crippen LogP contribution in [0, 0.1) is 0 Å². The Labute approximate surface area is 112 Å². The molecule has 7 heteroatoms. The van der Waals surface area contributed by atoms with Crippen molar-refractivity contribution in [1.29, 1.82) is 0 Å². The van der Waals surface area contributed by atoms with Gasteiger partial charge in [-0.15, -0.1) is 0 Å². The van der Waals surface area contributed by atoms with Gasteiger partial charge in [0.1, 0.15) is 0 Å². The van der Waals surface area contributed by atoms with Crippen LogP contribution in [0.15, 0.2) is 0 Å². The highest BCUT2D eigenvalue weighted by molar-refractivity contribution is 5.74. The Morgan fingerprint density at radius 1 is 1.47 bits per heavy atom. The number of hydrogen-bond donors (Lipinski definition) is 3. The molecule has 1 rings (SSSR count). The summed E-state index contributed by atoms with van der Waals surface area (Å²) in [5.41, 5.74) is 0. The van der Waals surface area contributed by atoms with E-state index in [0.717, 1.165) is 0 Å². The van der Waals surface area contributed by atoms with E-state index < -0.39 is 5.97 Å². The smallest absolute Gasteiger partial charge is 0.317 e. The maximum absolute atomic E-state index is 12.0. The molecule has 0 aliphatic carbocycles. The van der Waals surface area contributed by atoms with Crippen molar-refractivity contribution in [3.8, 4) is 0 Å². The number of carbonyl (C=O) groups is 2. The lowest BCUT2D eigenvalue weighted by Crippen LogP contribution is -2.54. The summed E-state index contributed by atoms with van der Waals surface area (Å²) in [5.74, 6) is -0.874. The number of aliphatic carboxylic acids is 1. The van der Waals surface area contributed by atoms with Gasteiger partial charge in [-0.05, 0) is 20.3 Å². The standard InChI is InChI=1S/C12H22N2O5/c1-8(3-4-11(16)17)13-12(18)14-5-9(2)19-10(6-14)7-15/h8-10,15H,3-7H2,1-2H3,(H,13,18)(H,16,17). The average Bonchev–Trinajstić information content (AvgIpc) is 2.35. The van der Waals surface area contributed by atoms with Crippen LogP contribution in [0.4, 0.5) is 4.79 Å². The Morgan fingerprint density at radius 2 is 2.16 bits per heavy atom. The van der Waals surface area contributed by atoms with E-state index >= 15 is 0 Å². The third kappa shape index (κ3) is 5.44. The van der Waals surface area contributed by atoms with Crippen molar-refractivity contribution in [3.63, 3.8) is 0 Å². The Morgan fingerprint density at radius 3 is 2.74 bits per heavy atom. The number of nitrogens with one attached hydrogen (secondary N) is 1. The van der Waals surface area contributed by atoms with Crippen LogP contribution in [0.25, 0.3) is 0 Å². The second-order valence-corrected chi connectivity index (χ2v) is 4.94. The van der Waals surface area contributed by atoms with Crippen LogP contribution < -0.4 is 5.32 Å². The van der Waals surface area contributed by atoms with E-state index in [-0.39, 0.29) is 37.3 Å². The maximum Gasteiger partial charge on any atom is 0.317 e. The predicted molar refractivity (Wildman–Crippen MR) is 67.9 cm³/mol. The zero-order chi connectivity index (χ0) is 14.4. The van der Waals surface area contributed by atoms with Crippen molar-refractivity contribution in [1.82, 2.24) is 10.2 Å². The largest absolute Gasteiger partial charge is 0.481 e. The first-order chi connectivity index (χ1) is 8.92. The molecule has 0 bridgehead atoms. The van der Waals surface area contributed by atoms with Crippen LogP contribution in [-0.2, 0) is 9.53 Å². The van der Waals surface area contributed by atoms with Crippen molar-refractivity contribution < 1.29 is 24.5 Å². The van der Waals surface area contributed by atoms with Crippen LogP contribution in [0.5, 0.6) is 0 Å². The van der Waals surface area contributed by atoms with Crippen LogP contribution in [0.1, 0.15) is 26.7 Å². The molecule has 3 N–H and O–H groups in total. The lowest BCUT2D eigenvalue weighted by atomic mass is 10.2. The van der Waals surface area contributed by atoms with Gasteiger partial charge in [0, 0.05) is 19.0 Å². The molecule has 3 unspecified atom stereocenters. The minimum absolute atomic E-state index is 0.0280. The van der Waals surface area contributed by atoms with Crippen LogP contribution in [0.2, 0.25) is 0 Å². The number of hydrogen-bond acceptors (Lipinski definition) is 4. The fraction of sp³-hybridized carbons (Fsp3) is 0.833. The number of carboxylic acids is 1. The molecule has 1 heterocycles. The number of carboxylic acid groups (broad SMARTS) is 1. The van der Waals surface area contributed by atoms with Crippen LogP contribution >= 0.6 is 0 Å². The van der Waals surface area contributed by atoms with E-state index in [2.05, 4.69) is 5.32 Å². The lowest BCUT2D eigenvalue weighted by Gasteiger charge is -2.36. The first-order valence-corrected chi connectivity index (χ1v) is 6.46. The van der Waals surface area contributed by atoms with E-state index in [9.17, 15) is 9.59 Å². The SMILES string of the molecule is CC(CCC(=O)O)NC(=O)N1CC(C)OC(CO)C1. The average molecular weight is 274 g/mol. The quantitative estimate of drug-likeness (QED) is 0.657. The Bertz CT molecular complexity index is 323. The normalized spacial score (nSPS) is 24.9. The van der Waals surface area contributed by atoms with Crippen molar-refractivity contribution in [2.45, 2.75) is 44.9 Å². The molecular weight excluding hydrogens is 252 g/mol. The number of carbonyl (C=O) groups excluding carboxylic acids is 1. The number of amides is 2. The van der Waals surface area contributed by atoms with Crippen LogP contribution in [0.3, 0.4) is 0 Å². The first kappa shape index (κ1) is 15.7. The summed E-state index contributed by atoms with van der Waals surface area (Å²) >= 11 is 0. The summed E-state index contributed by atoms with van der Waals surface area (Å²) in [7, 11) is 0. The van der Waals surface area contributed by atoms with E-state index in [0.29, 0.717) is 19.5 Å². The minimum Gasteiger partial charge on any atom is -0.481 e.